The van der Waals surface area contributed by atoms with Gasteiger partial charge < -0.3 is 9.64 Å². The van der Waals surface area contributed by atoms with E-state index in [-0.39, 0.29) is 22.4 Å². The summed E-state index contributed by atoms with van der Waals surface area (Å²) in [6, 6.07) is 15.2. The Balaban J connectivity index is 2.00. The van der Waals surface area contributed by atoms with Crippen LogP contribution < -0.4 is 9.64 Å². The highest BCUT2D eigenvalue weighted by Gasteiger charge is 2.36. The van der Waals surface area contributed by atoms with Crippen LogP contribution in [0.4, 0.5) is 18.9 Å². The average molecular weight is 426 g/mol. The molecule has 2 heterocycles. The molecule has 4 rings (SSSR count). The Hall–Kier alpha value is -3.55. The molecule has 0 bridgehead atoms. The second-order valence-corrected chi connectivity index (χ2v) is 7.40. The van der Waals surface area contributed by atoms with E-state index in [0.717, 1.165) is 11.8 Å². The number of aromatic nitrogens is 3. The zero-order valence-corrected chi connectivity index (χ0v) is 17.5. The first-order chi connectivity index (χ1) is 14.7. The SMILES string of the molecule is COc1cccc(-c2nn(C)c3nc(-c4cccc(N(C)C)c4)cc(C(F)(F)F)c23)c1. The maximum Gasteiger partial charge on any atom is 0.417 e. The molecule has 0 atom stereocenters. The van der Waals surface area contributed by atoms with E-state index in [4.69, 9.17) is 4.74 Å². The number of aryl methyl sites for hydroxylation is 1. The minimum absolute atomic E-state index is 0.0317. The lowest BCUT2D eigenvalue weighted by Crippen LogP contribution is -2.09. The van der Waals surface area contributed by atoms with Crippen molar-refractivity contribution in [1.29, 1.82) is 0 Å². The number of nitrogens with zero attached hydrogens (tertiary/aromatic N) is 4. The summed E-state index contributed by atoms with van der Waals surface area (Å²) in [5.74, 6) is 0.537. The summed E-state index contributed by atoms with van der Waals surface area (Å²) >= 11 is 0. The molecule has 0 N–H and O–H groups in total. The molecular weight excluding hydrogens is 405 g/mol. The summed E-state index contributed by atoms with van der Waals surface area (Å²) in [5.41, 5.74) is 1.84. The van der Waals surface area contributed by atoms with Crippen molar-refractivity contribution in [2.24, 2.45) is 7.05 Å². The topological polar surface area (TPSA) is 43.2 Å². The molecule has 0 fully saturated rings. The zero-order valence-electron chi connectivity index (χ0n) is 17.5. The molecule has 0 unspecified atom stereocenters. The van der Waals surface area contributed by atoms with E-state index >= 15 is 0 Å². The first kappa shape index (κ1) is 20.7. The molecule has 0 aliphatic rings. The summed E-state index contributed by atoms with van der Waals surface area (Å²) in [6.45, 7) is 0. The highest BCUT2D eigenvalue weighted by atomic mass is 19.4. The van der Waals surface area contributed by atoms with Crippen LogP contribution in [0.25, 0.3) is 33.5 Å². The van der Waals surface area contributed by atoms with Crippen molar-refractivity contribution in [3.8, 4) is 28.3 Å². The van der Waals surface area contributed by atoms with Gasteiger partial charge in [0.05, 0.1) is 23.8 Å². The summed E-state index contributed by atoms with van der Waals surface area (Å²) in [4.78, 5) is 6.45. The van der Waals surface area contributed by atoms with Gasteiger partial charge in [0, 0.05) is 38.0 Å². The number of methoxy groups -OCH3 is 1. The second-order valence-electron chi connectivity index (χ2n) is 7.40. The number of alkyl halides is 3. The minimum atomic E-state index is -4.58. The van der Waals surface area contributed by atoms with Gasteiger partial charge in [-0.1, -0.05) is 24.3 Å². The lowest BCUT2D eigenvalue weighted by molar-refractivity contribution is -0.136. The van der Waals surface area contributed by atoms with Crippen LogP contribution in [0.1, 0.15) is 5.56 Å². The van der Waals surface area contributed by atoms with Crippen molar-refractivity contribution in [1.82, 2.24) is 14.8 Å². The number of hydrogen-bond donors (Lipinski definition) is 0. The fourth-order valence-electron chi connectivity index (χ4n) is 3.53. The van der Waals surface area contributed by atoms with Crippen LogP contribution in [0.5, 0.6) is 5.75 Å². The van der Waals surface area contributed by atoms with Gasteiger partial charge in [-0.2, -0.15) is 18.3 Å². The van der Waals surface area contributed by atoms with Crippen LogP contribution in [0, 0.1) is 0 Å². The van der Waals surface area contributed by atoms with E-state index < -0.39 is 11.7 Å². The molecule has 31 heavy (non-hydrogen) atoms. The van der Waals surface area contributed by atoms with Crippen molar-refractivity contribution in [2.75, 3.05) is 26.1 Å². The normalized spacial score (nSPS) is 11.7. The smallest absolute Gasteiger partial charge is 0.417 e. The van der Waals surface area contributed by atoms with Crippen molar-refractivity contribution in [3.05, 3.63) is 60.2 Å². The van der Waals surface area contributed by atoms with Gasteiger partial charge in [-0.05, 0) is 30.3 Å². The van der Waals surface area contributed by atoms with Gasteiger partial charge in [0.1, 0.15) is 11.4 Å². The summed E-state index contributed by atoms with van der Waals surface area (Å²) in [6.07, 6.45) is -4.58. The molecule has 0 aliphatic carbocycles. The number of rotatable bonds is 4. The van der Waals surface area contributed by atoms with Crippen LogP contribution in [0.15, 0.2) is 54.6 Å². The maximum atomic E-state index is 14.2. The second kappa shape index (κ2) is 7.61. The molecule has 4 aromatic rings. The highest BCUT2D eigenvalue weighted by Crippen LogP contribution is 2.41. The van der Waals surface area contributed by atoms with E-state index in [1.54, 1.807) is 43.4 Å². The number of pyridine rings is 1. The molecule has 0 amide bonds. The van der Waals surface area contributed by atoms with Crippen molar-refractivity contribution >= 4 is 16.7 Å². The van der Waals surface area contributed by atoms with Gasteiger partial charge in [0.25, 0.3) is 0 Å². The number of ether oxygens (including phenoxy) is 1. The number of anilines is 1. The monoisotopic (exact) mass is 426 g/mol. The van der Waals surface area contributed by atoms with Crippen LogP contribution in [-0.4, -0.2) is 36.0 Å². The Kier molecular flexibility index (Phi) is 5.08. The third kappa shape index (κ3) is 3.81. The quantitative estimate of drug-likeness (QED) is 0.439. The summed E-state index contributed by atoms with van der Waals surface area (Å²) < 4.78 is 49.1. The van der Waals surface area contributed by atoms with E-state index in [1.807, 2.05) is 31.1 Å². The maximum absolute atomic E-state index is 14.2. The number of halogens is 3. The van der Waals surface area contributed by atoms with Gasteiger partial charge in [0.2, 0.25) is 0 Å². The lowest BCUT2D eigenvalue weighted by atomic mass is 10.0. The predicted molar refractivity (Wildman–Crippen MR) is 115 cm³/mol. The van der Waals surface area contributed by atoms with Crippen LogP contribution in [-0.2, 0) is 13.2 Å². The molecule has 2 aromatic carbocycles. The van der Waals surface area contributed by atoms with E-state index in [0.29, 0.717) is 16.9 Å². The van der Waals surface area contributed by atoms with Gasteiger partial charge >= 0.3 is 6.18 Å². The van der Waals surface area contributed by atoms with Gasteiger partial charge in [0.15, 0.2) is 5.65 Å². The lowest BCUT2D eigenvalue weighted by Gasteiger charge is -2.15. The number of hydrogen-bond acceptors (Lipinski definition) is 4. The molecule has 0 saturated heterocycles. The molecule has 0 radical (unpaired) electrons. The van der Waals surface area contributed by atoms with Gasteiger partial charge in [-0.3, -0.25) is 0 Å². The summed E-state index contributed by atoms with van der Waals surface area (Å²) in [5, 5.41) is 4.35. The highest BCUT2D eigenvalue weighted by molar-refractivity contribution is 5.96. The Morgan fingerprint density at radius 2 is 1.68 bits per heavy atom. The predicted octanol–water partition coefficient (Wildman–Crippen LogP) is 5.40. The Morgan fingerprint density at radius 3 is 2.35 bits per heavy atom. The number of benzene rings is 2. The first-order valence-electron chi connectivity index (χ1n) is 9.56. The first-order valence-corrected chi connectivity index (χ1v) is 9.56. The largest absolute Gasteiger partial charge is 0.497 e. The Bertz CT molecular complexity index is 1260. The molecule has 5 nitrogen and oxygen atoms in total. The van der Waals surface area contributed by atoms with Gasteiger partial charge in [-0.25, -0.2) is 9.67 Å². The van der Waals surface area contributed by atoms with Crippen molar-refractivity contribution < 1.29 is 17.9 Å². The van der Waals surface area contributed by atoms with Crippen molar-refractivity contribution in [2.45, 2.75) is 6.18 Å². The van der Waals surface area contributed by atoms with Crippen LogP contribution in [0.3, 0.4) is 0 Å². The fraction of sp³-hybridized carbons (Fsp3) is 0.217. The van der Waals surface area contributed by atoms with E-state index in [2.05, 4.69) is 10.1 Å². The third-order valence-electron chi connectivity index (χ3n) is 5.10. The average Bonchev–Trinajstić information content (AvgIpc) is 3.09. The van der Waals surface area contributed by atoms with Gasteiger partial charge in [-0.15, -0.1) is 0 Å². The molecule has 160 valence electrons. The van der Waals surface area contributed by atoms with Crippen molar-refractivity contribution in [3.63, 3.8) is 0 Å². The number of fused-ring (bicyclic) bond motifs is 1. The summed E-state index contributed by atoms with van der Waals surface area (Å²) in [7, 11) is 6.85. The standard InChI is InChI=1S/C23H21F3N4O/c1-29(2)16-9-5-7-14(11-16)19-13-18(23(24,25)26)20-21(28-30(3)22(20)27-19)15-8-6-10-17(12-15)31-4/h5-13H,1-4H3. The van der Waals surface area contributed by atoms with Crippen LogP contribution >= 0.6 is 0 Å². The van der Waals surface area contributed by atoms with E-state index in [9.17, 15) is 13.2 Å². The molecule has 8 heteroatoms. The Labute approximate surface area is 177 Å². The fourth-order valence-corrected chi connectivity index (χ4v) is 3.53. The van der Waals surface area contributed by atoms with E-state index in [1.165, 1.54) is 11.8 Å². The molecular formula is C23H21F3N4O. The minimum Gasteiger partial charge on any atom is -0.497 e. The molecule has 0 saturated carbocycles. The zero-order chi connectivity index (χ0) is 22.3. The Morgan fingerprint density at radius 1 is 0.968 bits per heavy atom. The van der Waals surface area contributed by atoms with Crippen LogP contribution in [0.2, 0.25) is 0 Å². The molecule has 0 aliphatic heterocycles. The molecule has 0 spiro atoms. The third-order valence-corrected chi connectivity index (χ3v) is 5.10. The molecule has 2 aromatic heterocycles.